The molecular weight excluding hydrogens is 262 g/mol. The Balaban J connectivity index is 1.78. The van der Waals surface area contributed by atoms with Crippen LogP contribution in [0.25, 0.3) is 10.7 Å². The zero-order valence-electron chi connectivity index (χ0n) is 10.7. The Hall–Kier alpha value is -1.73. The fourth-order valence-corrected chi connectivity index (χ4v) is 2.64. The molecule has 0 unspecified atom stereocenters. The van der Waals surface area contributed by atoms with Crippen LogP contribution in [0.3, 0.4) is 0 Å². The van der Waals surface area contributed by atoms with Crippen molar-refractivity contribution >= 4 is 23.5 Å². The molecule has 7 heteroatoms. The second kappa shape index (κ2) is 5.50. The van der Waals surface area contributed by atoms with Gasteiger partial charge in [0.2, 0.25) is 0 Å². The number of aromatic amines is 1. The maximum Gasteiger partial charge on any atom is 0.181 e. The standard InChI is InChI=1S/C12H15N5OS/c1-9-6-19-12(16-9)10-11(14-7-13-10)15-8-17-2-4-18-5-3-17/h6-8H,2-5H2,1H3,(H,13,14)/b15-8+. The number of aromatic nitrogens is 3. The van der Waals surface area contributed by atoms with Crippen molar-refractivity contribution in [2.45, 2.75) is 6.92 Å². The molecule has 2 aromatic heterocycles. The predicted octanol–water partition coefficient (Wildman–Crippen LogP) is 1.83. The normalized spacial score (nSPS) is 16.4. The summed E-state index contributed by atoms with van der Waals surface area (Å²) in [7, 11) is 0. The average Bonchev–Trinajstić information content (AvgIpc) is 3.06. The van der Waals surface area contributed by atoms with Crippen LogP contribution < -0.4 is 0 Å². The lowest BCUT2D eigenvalue weighted by molar-refractivity contribution is 0.0701. The summed E-state index contributed by atoms with van der Waals surface area (Å²) in [6.45, 7) is 5.24. The van der Waals surface area contributed by atoms with E-state index in [1.54, 1.807) is 17.7 Å². The Bertz CT molecular complexity index is 570. The van der Waals surface area contributed by atoms with Crippen molar-refractivity contribution in [2.75, 3.05) is 26.3 Å². The van der Waals surface area contributed by atoms with Gasteiger partial charge in [-0.25, -0.2) is 15.0 Å². The summed E-state index contributed by atoms with van der Waals surface area (Å²) in [6, 6.07) is 0. The summed E-state index contributed by atoms with van der Waals surface area (Å²) in [6.07, 6.45) is 3.49. The van der Waals surface area contributed by atoms with Crippen molar-refractivity contribution in [2.24, 2.45) is 4.99 Å². The minimum atomic E-state index is 0.681. The highest BCUT2D eigenvalue weighted by Gasteiger charge is 2.11. The van der Waals surface area contributed by atoms with E-state index < -0.39 is 0 Å². The monoisotopic (exact) mass is 277 g/mol. The molecule has 3 rings (SSSR count). The molecule has 1 aliphatic heterocycles. The average molecular weight is 277 g/mol. The first kappa shape index (κ1) is 12.3. The van der Waals surface area contributed by atoms with E-state index in [0.29, 0.717) is 5.82 Å². The topological polar surface area (TPSA) is 66.4 Å². The van der Waals surface area contributed by atoms with E-state index in [1.165, 1.54) is 0 Å². The third-order valence-corrected chi connectivity index (χ3v) is 3.82. The number of hydrogen-bond donors (Lipinski definition) is 1. The van der Waals surface area contributed by atoms with E-state index in [2.05, 4.69) is 24.8 Å². The molecular formula is C12H15N5OS. The lowest BCUT2D eigenvalue weighted by Crippen LogP contribution is -2.35. The van der Waals surface area contributed by atoms with Crippen LogP contribution in [0.2, 0.25) is 0 Å². The van der Waals surface area contributed by atoms with Gasteiger partial charge in [-0.15, -0.1) is 11.3 Å². The van der Waals surface area contributed by atoms with Gasteiger partial charge in [0.25, 0.3) is 0 Å². The van der Waals surface area contributed by atoms with Gasteiger partial charge in [-0.1, -0.05) is 0 Å². The maximum absolute atomic E-state index is 5.30. The van der Waals surface area contributed by atoms with Crippen LogP contribution >= 0.6 is 11.3 Å². The van der Waals surface area contributed by atoms with Gasteiger partial charge in [-0.3, -0.25) is 0 Å². The largest absolute Gasteiger partial charge is 0.378 e. The molecule has 0 aromatic carbocycles. The third kappa shape index (κ3) is 2.82. The number of ether oxygens (including phenoxy) is 1. The quantitative estimate of drug-likeness (QED) is 0.686. The highest BCUT2D eigenvalue weighted by molar-refractivity contribution is 7.13. The molecule has 0 bridgehead atoms. The molecule has 1 aliphatic rings. The summed E-state index contributed by atoms with van der Waals surface area (Å²) in [4.78, 5) is 18.4. The molecule has 6 nitrogen and oxygen atoms in total. The highest BCUT2D eigenvalue weighted by Crippen LogP contribution is 2.28. The van der Waals surface area contributed by atoms with Crippen molar-refractivity contribution in [1.82, 2.24) is 19.9 Å². The molecule has 3 heterocycles. The molecule has 0 atom stereocenters. The Morgan fingerprint density at radius 1 is 1.47 bits per heavy atom. The summed E-state index contributed by atoms with van der Waals surface area (Å²) in [5.41, 5.74) is 1.89. The molecule has 100 valence electrons. The van der Waals surface area contributed by atoms with E-state index >= 15 is 0 Å². The van der Waals surface area contributed by atoms with E-state index in [9.17, 15) is 0 Å². The maximum atomic E-state index is 5.30. The number of H-pyrrole nitrogens is 1. The number of hydrogen-bond acceptors (Lipinski definition) is 5. The van der Waals surface area contributed by atoms with Crippen LogP contribution in [-0.2, 0) is 4.74 Å². The van der Waals surface area contributed by atoms with Crippen molar-refractivity contribution in [3.63, 3.8) is 0 Å². The summed E-state index contributed by atoms with van der Waals surface area (Å²) >= 11 is 1.59. The lowest BCUT2D eigenvalue weighted by atomic mass is 10.4. The van der Waals surface area contributed by atoms with Crippen molar-refractivity contribution in [1.29, 1.82) is 0 Å². The molecule has 0 saturated carbocycles. The molecule has 0 radical (unpaired) electrons. The van der Waals surface area contributed by atoms with Gasteiger partial charge in [0.1, 0.15) is 10.7 Å². The summed E-state index contributed by atoms with van der Waals surface area (Å²) < 4.78 is 5.30. The van der Waals surface area contributed by atoms with Crippen molar-refractivity contribution < 1.29 is 4.74 Å². The van der Waals surface area contributed by atoms with E-state index in [4.69, 9.17) is 4.74 Å². The molecule has 1 N–H and O–H groups in total. The molecule has 0 aliphatic carbocycles. The lowest BCUT2D eigenvalue weighted by Gasteiger charge is -2.23. The molecule has 19 heavy (non-hydrogen) atoms. The smallest absolute Gasteiger partial charge is 0.181 e. The van der Waals surface area contributed by atoms with Gasteiger partial charge >= 0.3 is 0 Å². The molecule has 0 spiro atoms. The van der Waals surface area contributed by atoms with Crippen molar-refractivity contribution in [3.05, 3.63) is 17.4 Å². The number of thiazole rings is 1. The van der Waals surface area contributed by atoms with Crippen LogP contribution in [0.1, 0.15) is 5.69 Å². The Morgan fingerprint density at radius 3 is 3.05 bits per heavy atom. The van der Waals surface area contributed by atoms with Crippen LogP contribution in [0.5, 0.6) is 0 Å². The predicted molar refractivity (Wildman–Crippen MR) is 75.0 cm³/mol. The first-order valence-corrected chi connectivity index (χ1v) is 7.03. The number of aryl methyl sites for hydroxylation is 1. The number of nitrogens with zero attached hydrogens (tertiary/aromatic N) is 4. The van der Waals surface area contributed by atoms with Gasteiger partial charge in [0.05, 0.1) is 25.9 Å². The van der Waals surface area contributed by atoms with E-state index in [-0.39, 0.29) is 0 Å². The van der Waals surface area contributed by atoms with E-state index in [1.807, 2.05) is 18.6 Å². The van der Waals surface area contributed by atoms with Gasteiger partial charge in [0, 0.05) is 24.2 Å². The summed E-state index contributed by atoms with van der Waals surface area (Å²) in [5.74, 6) is 0.681. The van der Waals surface area contributed by atoms with Gasteiger partial charge in [-0.05, 0) is 6.92 Å². The van der Waals surface area contributed by atoms with Gasteiger partial charge in [0.15, 0.2) is 5.82 Å². The Labute approximate surface area is 115 Å². The second-order valence-electron chi connectivity index (χ2n) is 4.29. The number of rotatable bonds is 3. The van der Waals surface area contributed by atoms with E-state index in [0.717, 1.165) is 42.7 Å². The van der Waals surface area contributed by atoms with Crippen LogP contribution in [-0.4, -0.2) is 52.5 Å². The number of morpholine rings is 1. The first-order chi connectivity index (χ1) is 9.33. The van der Waals surface area contributed by atoms with Crippen LogP contribution in [0, 0.1) is 6.92 Å². The second-order valence-corrected chi connectivity index (χ2v) is 5.15. The summed E-state index contributed by atoms with van der Waals surface area (Å²) in [5, 5.41) is 2.94. The number of nitrogens with one attached hydrogen (secondary N) is 1. The van der Waals surface area contributed by atoms with Gasteiger partial charge in [-0.2, -0.15) is 0 Å². The molecule has 2 aromatic rings. The first-order valence-electron chi connectivity index (χ1n) is 6.15. The molecule has 1 fully saturated rings. The minimum Gasteiger partial charge on any atom is -0.378 e. The molecule has 1 saturated heterocycles. The Morgan fingerprint density at radius 2 is 2.32 bits per heavy atom. The van der Waals surface area contributed by atoms with Gasteiger partial charge < -0.3 is 14.6 Å². The zero-order valence-corrected chi connectivity index (χ0v) is 11.5. The minimum absolute atomic E-state index is 0.681. The number of aliphatic imine (C=N–C) groups is 1. The van der Waals surface area contributed by atoms with Crippen LogP contribution in [0.15, 0.2) is 16.7 Å². The fraction of sp³-hybridized carbons (Fsp3) is 0.417. The zero-order chi connectivity index (χ0) is 13.1. The van der Waals surface area contributed by atoms with Crippen LogP contribution in [0.4, 0.5) is 5.82 Å². The number of imidazole rings is 1. The third-order valence-electron chi connectivity index (χ3n) is 2.84. The van der Waals surface area contributed by atoms with Crippen molar-refractivity contribution in [3.8, 4) is 10.7 Å². The SMILES string of the molecule is Cc1csc(-c2[nH]cnc2/N=C/N2CCOCC2)n1. The molecule has 0 amide bonds. The Kier molecular flexibility index (Phi) is 3.56. The fourth-order valence-electron chi connectivity index (χ4n) is 1.84. The highest BCUT2D eigenvalue weighted by atomic mass is 32.1.